The van der Waals surface area contributed by atoms with E-state index in [2.05, 4.69) is 10.6 Å². The summed E-state index contributed by atoms with van der Waals surface area (Å²) >= 11 is 0. The van der Waals surface area contributed by atoms with Crippen LogP contribution < -0.4 is 10.6 Å². The van der Waals surface area contributed by atoms with Gasteiger partial charge in [0.05, 0.1) is 0 Å². The van der Waals surface area contributed by atoms with Crippen molar-refractivity contribution >= 4 is 11.9 Å². The Morgan fingerprint density at radius 3 is 2.72 bits per heavy atom. The van der Waals surface area contributed by atoms with Crippen LogP contribution in [0.2, 0.25) is 0 Å². The first-order valence-electron chi connectivity index (χ1n) is 10.1. The summed E-state index contributed by atoms with van der Waals surface area (Å²) in [6, 6.07) is 14.0. The molecule has 29 heavy (non-hydrogen) atoms. The number of nitrogens with zero attached hydrogens (tertiary/aromatic N) is 1. The molecule has 2 N–H and O–H groups in total. The predicted molar refractivity (Wildman–Crippen MR) is 111 cm³/mol. The molecule has 6 heteroatoms. The minimum atomic E-state index is -0.330. The van der Waals surface area contributed by atoms with Crippen molar-refractivity contribution in [2.24, 2.45) is 0 Å². The minimum absolute atomic E-state index is 0.0384. The molecule has 2 aromatic rings. The van der Waals surface area contributed by atoms with E-state index in [0.29, 0.717) is 17.7 Å². The standard InChI is InChI=1S/C23H28FN3O2/c1-16(2)26-23(29)27-12-6-10-20(15-27)17-8-5-9-18(13-17)22(28)25-14-19-7-3-4-11-21(19)24/h3-5,7-9,11,13,16,20H,6,10,12,14-15H2,1-2H3,(H,25,28)(H,26,29)/t20-/m0/s1. The van der Waals surface area contributed by atoms with Crippen molar-refractivity contribution in [1.82, 2.24) is 15.5 Å². The van der Waals surface area contributed by atoms with Gasteiger partial charge in [0.2, 0.25) is 0 Å². The van der Waals surface area contributed by atoms with E-state index in [1.54, 1.807) is 24.3 Å². The molecule has 1 aliphatic heterocycles. The van der Waals surface area contributed by atoms with E-state index in [9.17, 15) is 14.0 Å². The van der Waals surface area contributed by atoms with Gasteiger partial charge < -0.3 is 15.5 Å². The third-order valence-electron chi connectivity index (χ3n) is 5.14. The Morgan fingerprint density at radius 2 is 1.97 bits per heavy atom. The quantitative estimate of drug-likeness (QED) is 0.800. The molecule has 1 aliphatic rings. The lowest BCUT2D eigenvalue weighted by Gasteiger charge is -2.33. The number of nitrogens with one attached hydrogen (secondary N) is 2. The first kappa shape index (κ1) is 20.8. The van der Waals surface area contributed by atoms with Crippen LogP contribution in [0.1, 0.15) is 54.1 Å². The Labute approximate surface area is 171 Å². The van der Waals surface area contributed by atoms with Gasteiger partial charge in [-0.3, -0.25) is 4.79 Å². The van der Waals surface area contributed by atoms with Gasteiger partial charge in [0.15, 0.2) is 0 Å². The highest BCUT2D eigenvalue weighted by molar-refractivity contribution is 5.94. The van der Waals surface area contributed by atoms with E-state index < -0.39 is 0 Å². The van der Waals surface area contributed by atoms with Gasteiger partial charge >= 0.3 is 6.03 Å². The minimum Gasteiger partial charge on any atom is -0.348 e. The van der Waals surface area contributed by atoms with E-state index in [4.69, 9.17) is 0 Å². The Morgan fingerprint density at radius 1 is 1.17 bits per heavy atom. The SMILES string of the molecule is CC(C)NC(=O)N1CCC[C@H](c2cccc(C(=O)NCc3ccccc3F)c2)C1. The van der Waals surface area contributed by atoms with Crippen LogP contribution in [-0.2, 0) is 6.54 Å². The van der Waals surface area contributed by atoms with Crippen LogP contribution in [0, 0.1) is 5.82 Å². The average molecular weight is 397 g/mol. The van der Waals surface area contributed by atoms with E-state index in [1.807, 2.05) is 36.9 Å². The maximum Gasteiger partial charge on any atom is 0.317 e. The maximum atomic E-state index is 13.7. The summed E-state index contributed by atoms with van der Waals surface area (Å²) < 4.78 is 13.7. The number of amides is 3. The van der Waals surface area contributed by atoms with Crippen LogP contribution in [0.25, 0.3) is 0 Å². The van der Waals surface area contributed by atoms with Gasteiger partial charge in [-0.05, 0) is 50.5 Å². The van der Waals surface area contributed by atoms with Crippen molar-refractivity contribution in [2.45, 2.75) is 45.2 Å². The van der Waals surface area contributed by atoms with Gasteiger partial charge in [-0.15, -0.1) is 0 Å². The summed E-state index contributed by atoms with van der Waals surface area (Å²) in [7, 11) is 0. The first-order valence-corrected chi connectivity index (χ1v) is 10.1. The number of carbonyl (C=O) groups is 2. The normalized spacial score (nSPS) is 16.6. The highest BCUT2D eigenvalue weighted by Gasteiger charge is 2.25. The van der Waals surface area contributed by atoms with Crippen molar-refractivity contribution in [2.75, 3.05) is 13.1 Å². The van der Waals surface area contributed by atoms with Gasteiger partial charge in [-0.2, -0.15) is 0 Å². The molecular weight excluding hydrogens is 369 g/mol. The van der Waals surface area contributed by atoms with Gasteiger partial charge in [0.1, 0.15) is 5.82 Å². The van der Waals surface area contributed by atoms with Gasteiger partial charge in [-0.25, -0.2) is 9.18 Å². The number of likely N-dealkylation sites (tertiary alicyclic amines) is 1. The van der Waals surface area contributed by atoms with Crippen LogP contribution >= 0.6 is 0 Å². The third-order valence-corrected chi connectivity index (χ3v) is 5.14. The van der Waals surface area contributed by atoms with Crippen LogP contribution in [0.15, 0.2) is 48.5 Å². The van der Waals surface area contributed by atoms with Crippen molar-refractivity contribution in [3.8, 4) is 0 Å². The molecule has 154 valence electrons. The number of rotatable bonds is 5. The summed E-state index contributed by atoms with van der Waals surface area (Å²) in [6.45, 7) is 5.42. The Kier molecular flexibility index (Phi) is 6.86. The lowest BCUT2D eigenvalue weighted by atomic mass is 9.89. The number of hydrogen-bond donors (Lipinski definition) is 2. The third kappa shape index (κ3) is 5.56. The molecule has 1 fully saturated rings. The number of halogens is 1. The second kappa shape index (κ2) is 9.54. The highest BCUT2D eigenvalue weighted by Crippen LogP contribution is 2.27. The molecule has 0 unspecified atom stereocenters. The zero-order valence-corrected chi connectivity index (χ0v) is 17.0. The Bertz CT molecular complexity index is 869. The molecule has 0 aromatic heterocycles. The zero-order valence-electron chi connectivity index (χ0n) is 17.0. The van der Waals surface area contributed by atoms with E-state index in [0.717, 1.165) is 24.9 Å². The monoisotopic (exact) mass is 397 g/mol. The number of benzene rings is 2. The summed E-state index contributed by atoms with van der Waals surface area (Å²) in [4.78, 5) is 26.7. The average Bonchev–Trinajstić information content (AvgIpc) is 2.72. The molecule has 3 rings (SSSR count). The smallest absolute Gasteiger partial charge is 0.317 e. The van der Waals surface area contributed by atoms with Crippen molar-refractivity contribution in [3.05, 3.63) is 71.0 Å². The van der Waals surface area contributed by atoms with Crippen LogP contribution in [-0.4, -0.2) is 36.0 Å². The molecule has 1 saturated heterocycles. The lowest BCUT2D eigenvalue weighted by molar-refractivity contribution is 0.0950. The zero-order chi connectivity index (χ0) is 20.8. The fourth-order valence-corrected chi connectivity index (χ4v) is 3.63. The highest BCUT2D eigenvalue weighted by atomic mass is 19.1. The molecule has 0 spiro atoms. The molecule has 0 bridgehead atoms. The van der Waals surface area contributed by atoms with Gasteiger partial charge in [0.25, 0.3) is 5.91 Å². The Hall–Kier alpha value is -2.89. The first-order chi connectivity index (χ1) is 13.9. The van der Waals surface area contributed by atoms with Crippen molar-refractivity contribution in [1.29, 1.82) is 0 Å². The summed E-state index contributed by atoms with van der Waals surface area (Å²) in [5.41, 5.74) is 2.05. The molecular formula is C23H28FN3O2. The van der Waals surface area contributed by atoms with Crippen LogP contribution in [0.3, 0.4) is 0 Å². The molecule has 2 aromatic carbocycles. The van der Waals surface area contributed by atoms with E-state index in [-0.39, 0.29) is 36.3 Å². The fourth-order valence-electron chi connectivity index (χ4n) is 3.63. The van der Waals surface area contributed by atoms with Crippen molar-refractivity contribution in [3.63, 3.8) is 0 Å². The lowest BCUT2D eigenvalue weighted by Crippen LogP contribution is -2.47. The Balaban J connectivity index is 1.64. The second-order valence-corrected chi connectivity index (χ2v) is 7.79. The van der Waals surface area contributed by atoms with Gasteiger partial charge in [0, 0.05) is 42.7 Å². The number of piperidine rings is 1. The number of carbonyl (C=O) groups excluding carboxylic acids is 2. The summed E-state index contributed by atoms with van der Waals surface area (Å²) in [6.07, 6.45) is 1.91. The molecule has 3 amide bonds. The molecule has 1 heterocycles. The second-order valence-electron chi connectivity index (χ2n) is 7.79. The fraction of sp³-hybridized carbons (Fsp3) is 0.391. The van der Waals surface area contributed by atoms with Crippen LogP contribution in [0.4, 0.5) is 9.18 Å². The molecule has 5 nitrogen and oxygen atoms in total. The largest absolute Gasteiger partial charge is 0.348 e. The summed E-state index contributed by atoms with van der Waals surface area (Å²) in [5, 5.41) is 5.72. The van der Waals surface area contributed by atoms with E-state index >= 15 is 0 Å². The maximum absolute atomic E-state index is 13.7. The topological polar surface area (TPSA) is 61.4 Å². The molecule has 0 saturated carbocycles. The summed E-state index contributed by atoms with van der Waals surface area (Å²) in [5.74, 6) is -0.371. The number of hydrogen-bond acceptors (Lipinski definition) is 2. The van der Waals surface area contributed by atoms with Crippen LogP contribution in [0.5, 0.6) is 0 Å². The number of urea groups is 1. The molecule has 0 radical (unpaired) electrons. The van der Waals surface area contributed by atoms with E-state index in [1.165, 1.54) is 6.07 Å². The molecule has 0 aliphatic carbocycles. The van der Waals surface area contributed by atoms with Gasteiger partial charge in [-0.1, -0.05) is 30.3 Å². The van der Waals surface area contributed by atoms with Crippen molar-refractivity contribution < 1.29 is 14.0 Å². The molecule has 1 atom stereocenters. The predicted octanol–water partition coefficient (Wildman–Crippen LogP) is 4.05.